The summed E-state index contributed by atoms with van der Waals surface area (Å²) in [6.45, 7) is 8.60. The summed E-state index contributed by atoms with van der Waals surface area (Å²) < 4.78 is 0. The molecule has 1 aromatic rings. The maximum atomic E-state index is 5.93. The summed E-state index contributed by atoms with van der Waals surface area (Å²) in [5.74, 6) is 0. The first-order chi connectivity index (χ1) is 7.13. The van der Waals surface area contributed by atoms with Crippen molar-refractivity contribution in [3.63, 3.8) is 0 Å². The minimum atomic E-state index is 0.547. The molecule has 3 heteroatoms. The van der Waals surface area contributed by atoms with Crippen LogP contribution in [-0.2, 0) is 6.54 Å². The van der Waals surface area contributed by atoms with Gasteiger partial charge in [0.2, 0.25) is 0 Å². The third kappa shape index (κ3) is 4.18. The Bertz CT molecular complexity index is 299. The molecule has 0 fully saturated rings. The van der Waals surface area contributed by atoms with E-state index in [9.17, 15) is 0 Å². The van der Waals surface area contributed by atoms with Gasteiger partial charge >= 0.3 is 0 Å². The van der Waals surface area contributed by atoms with Gasteiger partial charge < -0.3 is 0 Å². The molecule has 0 aliphatic heterocycles. The summed E-state index contributed by atoms with van der Waals surface area (Å²) >= 11 is 5.93. The van der Waals surface area contributed by atoms with Crippen LogP contribution in [0, 0.1) is 0 Å². The molecule has 0 radical (unpaired) electrons. The predicted molar refractivity (Wildman–Crippen MR) is 65.1 cm³/mol. The summed E-state index contributed by atoms with van der Waals surface area (Å²) in [4.78, 5) is 6.72. The second-order valence-corrected chi connectivity index (χ2v) is 4.47. The molecule has 0 aliphatic rings. The largest absolute Gasteiger partial charge is 0.295 e. The summed E-state index contributed by atoms with van der Waals surface area (Å²) in [7, 11) is 0. The van der Waals surface area contributed by atoms with Crippen LogP contribution in [0.1, 0.15) is 32.9 Å². The molecule has 0 saturated heterocycles. The second kappa shape index (κ2) is 6.09. The van der Waals surface area contributed by atoms with Gasteiger partial charge in [0.1, 0.15) is 0 Å². The molecule has 0 aromatic carbocycles. The van der Waals surface area contributed by atoms with E-state index in [1.807, 2.05) is 12.1 Å². The summed E-state index contributed by atoms with van der Waals surface area (Å²) in [5, 5.41) is 0.764. The van der Waals surface area contributed by atoms with Crippen LogP contribution in [0.4, 0.5) is 0 Å². The van der Waals surface area contributed by atoms with Crippen molar-refractivity contribution in [3.8, 4) is 0 Å². The van der Waals surface area contributed by atoms with Gasteiger partial charge in [-0.25, -0.2) is 0 Å². The van der Waals surface area contributed by atoms with E-state index in [0.717, 1.165) is 23.8 Å². The van der Waals surface area contributed by atoms with E-state index < -0.39 is 0 Å². The number of rotatable bonds is 5. The molecule has 0 spiro atoms. The van der Waals surface area contributed by atoms with Gasteiger partial charge in [0.15, 0.2) is 0 Å². The monoisotopic (exact) mass is 226 g/mol. The average molecular weight is 227 g/mol. The van der Waals surface area contributed by atoms with Crippen molar-refractivity contribution in [1.29, 1.82) is 0 Å². The molecule has 0 N–H and O–H groups in total. The Balaban J connectivity index is 2.65. The Hall–Kier alpha value is -0.600. The van der Waals surface area contributed by atoms with Crippen LogP contribution in [0.5, 0.6) is 0 Å². The molecule has 84 valence electrons. The number of aromatic nitrogens is 1. The van der Waals surface area contributed by atoms with Crippen LogP contribution in [-0.4, -0.2) is 22.5 Å². The van der Waals surface area contributed by atoms with E-state index in [1.165, 1.54) is 6.42 Å². The molecule has 0 aliphatic carbocycles. The van der Waals surface area contributed by atoms with Gasteiger partial charge in [0, 0.05) is 23.8 Å². The molecule has 0 amide bonds. The van der Waals surface area contributed by atoms with Gasteiger partial charge in [-0.3, -0.25) is 9.88 Å². The van der Waals surface area contributed by atoms with Crippen LogP contribution in [0.3, 0.4) is 0 Å². The van der Waals surface area contributed by atoms with Crippen molar-refractivity contribution < 1.29 is 0 Å². The Morgan fingerprint density at radius 1 is 1.47 bits per heavy atom. The number of hydrogen-bond acceptors (Lipinski definition) is 2. The lowest BCUT2D eigenvalue weighted by Gasteiger charge is -2.25. The lowest BCUT2D eigenvalue weighted by molar-refractivity contribution is 0.211. The average Bonchev–Trinajstić information content (AvgIpc) is 2.17. The van der Waals surface area contributed by atoms with Gasteiger partial charge in [-0.1, -0.05) is 18.5 Å². The number of pyridine rings is 1. The summed E-state index contributed by atoms with van der Waals surface area (Å²) in [6, 6.07) is 4.29. The smallest absolute Gasteiger partial charge is 0.0558 e. The molecule has 1 aromatic heterocycles. The standard InChI is InChI=1S/C12H19ClN2/c1-4-7-15(10(2)3)9-12-8-11(13)5-6-14-12/h5-6,8,10H,4,7,9H2,1-3H3. The van der Waals surface area contributed by atoms with Crippen molar-refractivity contribution in [3.05, 3.63) is 29.0 Å². The fourth-order valence-corrected chi connectivity index (χ4v) is 1.73. The molecule has 1 heterocycles. The van der Waals surface area contributed by atoms with Crippen molar-refractivity contribution in [2.75, 3.05) is 6.54 Å². The highest BCUT2D eigenvalue weighted by atomic mass is 35.5. The van der Waals surface area contributed by atoms with E-state index >= 15 is 0 Å². The van der Waals surface area contributed by atoms with E-state index in [0.29, 0.717) is 6.04 Å². The first kappa shape index (κ1) is 12.5. The van der Waals surface area contributed by atoms with Crippen molar-refractivity contribution in [2.45, 2.75) is 39.8 Å². The van der Waals surface area contributed by atoms with Gasteiger partial charge in [0.05, 0.1) is 5.69 Å². The molecule has 0 unspecified atom stereocenters. The van der Waals surface area contributed by atoms with Gasteiger partial charge in [0.25, 0.3) is 0 Å². The zero-order chi connectivity index (χ0) is 11.3. The van der Waals surface area contributed by atoms with Gasteiger partial charge in [-0.2, -0.15) is 0 Å². The maximum absolute atomic E-state index is 5.93. The Kier molecular flexibility index (Phi) is 5.06. The lowest BCUT2D eigenvalue weighted by Crippen LogP contribution is -2.31. The summed E-state index contributed by atoms with van der Waals surface area (Å²) in [5.41, 5.74) is 1.05. The molecule has 15 heavy (non-hydrogen) atoms. The topological polar surface area (TPSA) is 16.1 Å². The Morgan fingerprint density at radius 3 is 2.73 bits per heavy atom. The fraction of sp³-hybridized carbons (Fsp3) is 0.583. The highest BCUT2D eigenvalue weighted by molar-refractivity contribution is 6.30. The zero-order valence-electron chi connectivity index (χ0n) is 9.70. The lowest BCUT2D eigenvalue weighted by atomic mass is 10.2. The quantitative estimate of drug-likeness (QED) is 0.766. The highest BCUT2D eigenvalue weighted by Crippen LogP contribution is 2.11. The third-order valence-electron chi connectivity index (χ3n) is 2.38. The zero-order valence-corrected chi connectivity index (χ0v) is 10.5. The van der Waals surface area contributed by atoms with Crippen molar-refractivity contribution >= 4 is 11.6 Å². The maximum Gasteiger partial charge on any atom is 0.0558 e. The highest BCUT2D eigenvalue weighted by Gasteiger charge is 2.09. The van der Waals surface area contributed by atoms with Crippen molar-refractivity contribution in [2.24, 2.45) is 0 Å². The van der Waals surface area contributed by atoms with Crippen LogP contribution >= 0.6 is 11.6 Å². The number of hydrogen-bond donors (Lipinski definition) is 0. The second-order valence-electron chi connectivity index (χ2n) is 4.03. The van der Waals surface area contributed by atoms with E-state index in [4.69, 9.17) is 11.6 Å². The predicted octanol–water partition coefficient (Wildman–Crippen LogP) is 3.36. The molecular weight excluding hydrogens is 208 g/mol. The molecule has 2 nitrogen and oxygen atoms in total. The first-order valence-corrected chi connectivity index (χ1v) is 5.85. The molecular formula is C12H19ClN2. The first-order valence-electron chi connectivity index (χ1n) is 5.48. The molecule has 0 atom stereocenters. The minimum absolute atomic E-state index is 0.547. The Labute approximate surface area is 97.3 Å². The van der Waals surface area contributed by atoms with Crippen LogP contribution in [0.15, 0.2) is 18.3 Å². The van der Waals surface area contributed by atoms with E-state index in [1.54, 1.807) is 6.20 Å². The van der Waals surface area contributed by atoms with Crippen molar-refractivity contribution in [1.82, 2.24) is 9.88 Å². The minimum Gasteiger partial charge on any atom is -0.295 e. The third-order valence-corrected chi connectivity index (χ3v) is 2.62. The fourth-order valence-electron chi connectivity index (χ4n) is 1.55. The SMILES string of the molecule is CCCN(Cc1cc(Cl)ccn1)C(C)C. The Morgan fingerprint density at radius 2 is 2.20 bits per heavy atom. The molecule has 1 rings (SSSR count). The number of nitrogens with zero attached hydrogens (tertiary/aromatic N) is 2. The molecule has 0 bridgehead atoms. The van der Waals surface area contributed by atoms with Crippen LogP contribution < -0.4 is 0 Å². The van der Waals surface area contributed by atoms with Gasteiger partial charge in [-0.05, 0) is 38.9 Å². The normalized spacial score (nSPS) is 11.3. The van der Waals surface area contributed by atoms with Crippen LogP contribution in [0.25, 0.3) is 0 Å². The van der Waals surface area contributed by atoms with E-state index in [-0.39, 0.29) is 0 Å². The molecule has 0 saturated carbocycles. The summed E-state index contributed by atoms with van der Waals surface area (Å²) in [6.07, 6.45) is 2.93. The van der Waals surface area contributed by atoms with Gasteiger partial charge in [-0.15, -0.1) is 0 Å². The van der Waals surface area contributed by atoms with Crippen LogP contribution in [0.2, 0.25) is 5.02 Å². The van der Waals surface area contributed by atoms with E-state index in [2.05, 4.69) is 30.7 Å². The number of halogens is 1.